The van der Waals surface area contributed by atoms with Crippen molar-refractivity contribution in [2.24, 2.45) is 5.92 Å². The number of hydrogen-bond donors (Lipinski definition) is 1. The molecular formula is C16H22ClNO2. The van der Waals surface area contributed by atoms with E-state index in [-0.39, 0.29) is 17.9 Å². The van der Waals surface area contributed by atoms with E-state index < -0.39 is 0 Å². The van der Waals surface area contributed by atoms with E-state index in [4.69, 9.17) is 16.3 Å². The van der Waals surface area contributed by atoms with Crippen LogP contribution in [0.25, 0.3) is 0 Å². The molecule has 1 aromatic rings. The Kier molecular flexibility index (Phi) is 5.86. The molecule has 1 aromatic carbocycles. The third kappa shape index (κ3) is 3.97. The zero-order valence-corrected chi connectivity index (χ0v) is 12.7. The summed E-state index contributed by atoms with van der Waals surface area (Å²) in [5.41, 5.74) is 2.07. The Morgan fingerprint density at radius 3 is 3.10 bits per heavy atom. The molecule has 1 saturated heterocycles. The fourth-order valence-electron chi connectivity index (χ4n) is 2.66. The number of anilines is 1. The Labute approximate surface area is 125 Å². The number of halogens is 1. The van der Waals surface area contributed by atoms with Gasteiger partial charge in [0.25, 0.3) is 0 Å². The first-order valence-electron chi connectivity index (χ1n) is 7.32. The van der Waals surface area contributed by atoms with Gasteiger partial charge in [-0.3, -0.25) is 4.79 Å². The fourth-order valence-corrected chi connectivity index (χ4v) is 2.79. The van der Waals surface area contributed by atoms with Crippen LogP contribution in [0.1, 0.15) is 31.7 Å². The summed E-state index contributed by atoms with van der Waals surface area (Å²) < 4.78 is 5.57. The van der Waals surface area contributed by atoms with Crippen LogP contribution in [0.2, 0.25) is 0 Å². The lowest BCUT2D eigenvalue weighted by Gasteiger charge is -2.16. The third-order valence-corrected chi connectivity index (χ3v) is 4.01. The highest BCUT2D eigenvalue weighted by Crippen LogP contribution is 2.25. The second-order valence-corrected chi connectivity index (χ2v) is 5.57. The number of hydrogen-bond acceptors (Lipinski definition) is 2. The van der Waals surface area contributed by atoms with Crippen molar-refractivity contribution < 1.29 is 9.53 Å². The summed E-state index contributed by atoms with van der Waals surface area (Å²) in [6.45, 7) is 2.75. The minimum atomic E-state index is -0.0218. The van der Waals surface area contributed by atoms with Crippen molar-refractivity contribution in [2.75, 3.05) is 17.8 Å². The molecule has 2 atom stereocenters. The largest absolute Gasteiger partial charge is 0.377 e. The molecule has 3 nitrogen and oxygen atoms in total. The molecule has 0 aliphatic carbocycles. The number of ether oxygens (including phenoxy) is 1. The Bertz CT molecular complexity index is 450. The van der Waals surface area contributed by atoms with Gasteiger partial charge in [0.1, 0.15) is 0 Å². The molecule has 1 amide bonds. The predicted molar refractivity (Wildman–Crippen MR) is 82.3 cm³/mol. The van der Waals surface area contributed by atoms with Gasteiger partial charge in [-0.15, -0.1) is 11.6 Å². The molecular weight excluding hydrogens is 274 g/mol. The summed E-state index contributed by atoms with van der Waals surface area (Å²) in [5.74, 6) is 0.712. The van der Waals surface area contributed by atoms with E-state index in [9.17, 15) is 4.79 Å². The van der Waals surface area contributed by atoms with Crippen LogP contribution in [-0.2, 0) is 16.0 Å². The van der Waals surface area contributed by atoms with E-state index in [2.05, 4.69) is 18.3 Å². The van der Waals surface area contributed by atoms with E-state index in [1.807, 2.05) is 18.2 Å². The molecule has 2 rings (SSSR count). The highest BCUT2D eigenvalue weighted by molar-refractivity contribution is 6.17. The van der Waals surface area contributed by atoms with E-state index in [1.165, 1.54) is 5.56 Å². The molecule has 110 valence electrons. The minimum absolute atomic E-state index is 0.0218. The van der Waals surface area contributed by atoms with E-state index in [0.29, 0.717) is 12.5 Å². The van der Waals surface area contributed by atoms with Crippen LogP contribution in [-0.4, -0.2) is 24.5 Å². The molecule has 0 bridgehead atoms. The zero-order valence-electron chi connectivity index (χ0n) is 11.9. The average Bonchev–Trinajstić information content (AvgIpc) is 2.94. The van der Waals surface area contributed by atoms with E-state index in [0.717, 1.165) is 31.4 Å². The van der Waals surface area contributed by atoms with Gasteiger partial charge in [0.15, 0.2) is 0 Å². The molecule has 1 aliphatic rings. The molecule has 1 N–H and O–H groups in total. The topological polar surface area (TPSA) is 38.3 Å². The van der Waals surface area contributed by atoms with Crippen molar-refractivity contribution in [2.45, 2.75) is 38.7 Å². The van der Waals surface area contributed by atoms with Crippen molar-refractivity contribution >= 4 is 23.2 Å². The number of carbonyl (C=O) groups is 1. The Hall–Kier alpha value is -1.06. The molecule has 1 fully saturated rings. The van der Waals surface area contributed by atoms with Crippen molar-refractivity contribution in [3.63, 3.8) is 0 Å². The molecule has 1 aliphatic heterocycles. The molecule has 0 spiro atoms. The Morgan fingerprint density at radius 2 is 2.35 bits per heavy atom. The highest BCUT2D eigenvalue weighted by Gasteiger charge is 2.32. The van der Waals surface area contributed by atoms with Crippen molar-refractivity contribution in [1.29, 1.82) is 0 Å². The number of rotatable bonds is 6. The van der Waals surface area contributed by atoms with E-state index >= 15 is 0 Å². The summed E-state index contributed by atoms with van der Waals surface area (Å²) in [5, 5.41) is 3.01. The second kappa shape index (κ2) is 7.65. The molecule has 0 saturated carbocycles. The van der Waals surface area contributed by atoms with Crippen LogP contribution in [0.15, 0.2) is 24.3 Å². The van der Waals surface area contributed by atoms with Crippen LogP contribution in [0.4, 0.5) is 5.69 Å². The first-order chi connectivity index (χ1) is 9.74. The molecule has 2 unspecified atom stereocenters. The molecule has 20 heavy (non-hydrogen) atoms. The molecule has 0 radical (unpaired) electrons. The van der Waals surface area contributed by atoms with Gasteiger partial charge in [-0.2, -0.15) is 0 Å². The fraction of sp³-hybridized carbons (Fsp3) is 0.562. The van der Waals surface area contributed by atoms with Crippen molar-refractivity contribution in [3.05, 3.63) is 29.8 Å². The van der Waals surface area contributed by atoms with Crippen LogP contribution in [0.5, 0.6) is 0 Å². The van der Waals surface area contributed by atoms with Gasteiger partial charge in [-0.05, 0) is 43.4 Å². The third-order valence-electron chi connectivity index (χ3n) is 3.74. The molecule has 0 aromatic heterocycles. The van der Waals surface area contributed by atoms with Gasteiger partial charge >= 0.3 is 0 Å². The lowest BCUT2D eigenvalue weighted by atomic mass is 9.98. The number of carbonyl (C=O) groups excluding carboxylic acids is 1. The van der Waals surface area contributed by atoms with Crippen LogP contribution >= 0.6 is 11.6 Å². The summed E-state index contributed by atoms with van der Waals surface area (Å²) >= 11 is 5.71. The smallest absolute Gasteiger partial charge is 0.230 e. The Morgan fingerprint density at radius 1 is 1.50 bits per heavy atom. The maximum atomic E-state index is 12.3. The number of alkyl halides is 1. The number of benzene rings is 1. The predicted octanol–water partition coefficient (Wildman–Crippen LogP) is 3.61. The van der Waals surface area contributed by atoms with Gasteiger partial charge in [0.2, 0.25) is 5.91 Å². The van der Waals surface area contributed by atoms with Crippen molar-refractivity contribution in [1.82, 2.24) is 0 Å². The van der Waals surface area contributed by atoms with Gasteiger partial charge in [-0.1, -0.05) is 19.1 Å². The lowest BCUT2D eigenvalue weighted by molar-refractivity contribution is -0.121. The molecule has 1 heterocycles. The first kappa shape index (κ1) is 15.3. The van der Waals surface area contributed by atoms with Gasteiger partial charge < -0.3 is 10.1 Å². The van der Waals surface area contributed by atoms with Crippen LogP contribution < -0.4 is 5.32 Å². The summed E-state index contributed by atoms with van der Waals surface area (Å²) in [6, 6.07) is 8.00. The number of amides is 1. The second-order valence-electron chi connectivity index (χ2n) is 5.19. The van der Waals surface area contributed by atoms with Crippen molar-refractivity contribution in [3.8, 4) is 0 Å². The maximum Gasteiger partial charge on any atom is 0.230 e. The minimum Gasteiger partial charge on any atom is -0.377 e. The highest BCUT2D eigenvalue weighted by atomic mass is 35.5. The summed E-state index contributed by atoms with van der Waals surface area (Å²) in [7, 11) is 0. The first-order valence-corrected chi connectivity index (χ1v) is 7.85. The quantitative estimate of drug-likeness (QED) is 0.814. The summed E-state index contributed by atoms with van der Waals surface area (Å²) in [4.78, 5) is 12.3. The molecule has 4 heteroatoms. The van der Waals surface area contributed by atoms with Crippen LogP contribution in [0, 0.1) is 5.92 Å². The number of aryl methyl sites for hydroxylation is 1. The van der Waals surface area contributed by atoms with E-state index in [1.54, 1.807) is 0 Å². The van der Waals surface area contributed by atoms with Crippen LogP contribution in [0.3, 0.4) is 0 Å². The van der Waals surface area contributed by atoms with Gasteiger partial charge in [0.05, 0.1) is 12.0 Å². The SMILES string of the molecule is CCC1OCCC1C(=O)Nc1cccc(CCCCl)c1. The van der Waals surface area contributed by atoms with Gasteiger partial charge in [0, 0.05) is 18.2 Å². The standard InChI is InChI=1S/C16H22ClNO2/c1-2-15-14(8-10-20-15)16(19)18-13-7-3-5-12(11-13)6-4-9-17/h3,5,7,11,14-15H,2,4,6,8-10H2,1H3,(H,18,19). The Balaban J connectivity index is 1.97. The zero-order chi connectivity index (χ0) is 14.4. The monoisotopic (exact) mass is 295 g/mol. The normalized spacial score (nSPS) is 21.9. The lowest BCUT2D eigenvalue weighted by Crippen LogP contribution is -2.29. The average molecular weight is 296 g/mol. The number of nitrogens with one attached hydrogen (secondary N) is 1. The maximum absolute atomic E-state index is 12.3. The summed E-state index contributed by atoms with van der Waals surface area (Å²) in [6.07, 6.45) is 3.66. The van der Waals surface area contributed by atoms with Gasteiger partial charge in [-0.25, -0.2) is 0 Å².